The van der Waals surface area contributed by atoms with E-state index in [9.17, 15) is 0 Å². The van der Waals surface area contributed by atoms with Gasteiger partial charge < -0.3 is 10.2 Å². The molecule has 4 nitrogen and oxygen atoms in total. The fourth-order valence-electron chi connectivity index (χ4n) is 1.90. The van der Waals surface area contributed by atoms with Crippen LogP contribution in [0, 0.1) is 6.92 Å². The van der Waals surface area contributed by atoms with Crippen molar-refractivity contribution in [3.05, 3.63) is 41.6 Å². The van der Waals surface area contributed by atoms with Gasteiger partial charge >= 0.3 is 0 Å². The van der Waals surface area contributed by atoms with Crippen molar-refractivity contribution < 1.29 is 0 Å². The molecular weight excluding hydrogens is 224 g/mol. The van der Waals surface area contributed by atoms with Crippen LogP contribution in [0.15, 0.2) is 30.5 Å². The van der Waals surface area contributed by atoms with Gasteiger partial charge in [-0.05, 0) is 24.6 Å². The topological polar surface area (TPSA) is 33.1 Å². The summed E-state index contributed by atoms with van der Waals surface area (Å²) in [6.45, 7) is 2.87. The lowest BCUT2D eigenvalue weighted by molar-refractivity contribution is 0.768. The molecule has 0 bridgehead atoms. The highest BCUT2D eigenvalue weighted by Gasteiger charge is 2.03. The van der Waals surface area contributed by atoms with Gasteiger partial charge in [-0.2, -0.15) is 5.10 Å². The Kier molecular flexibility index (Phi) is 3.55. The lowest BCUT2D eigenvalue weighted by atomic mass is 10.2. The van der Waals surface area contributed by atoms with Gasteiger partial charge in [0.1, 0.15) is 5.82 Å². The summed E-state index contributed by atoms with van der Waals surface area (Å²) < 4.78 is 1.86. The van der Waals surface area contributed by atoms with E-state index in [1.54, 1.807) is 0 Å². The molecule has 0 amide bonds. The predicted octanol–water partition coefficient (Wildman–Crippen LogP) is 2.41. The van der Waals surface area contributed by atoms with Crippen molar-refractivity contribution in [2.75, 3.05) is 24.3 Å². The minimum Gasteiger partial charge on any atom is -0.378 e. The third kappa shape index (κ3) is 2.64. The molecule has 2 aromatic rings. The number of aryl methyl sites for hydroxylation is 2. The van der Waals surface area contributed by atoms with Crippen LogP contribution in [0.4, 0.5) is 11.5 Å². The molecule has 0 saturated carbocycles. The van der Waals surface area contributed by atoms with E-state index in [1.807, 2.05) is 32.0 Å². The Hall–Kier alpha value is -1.97. The minimum absolute atomic E-state index is 0.814. The van der Waals surface area contributed by atoms with E-state index < -0.39 is 0 Å². The van der Waals surface area contributed by atoms with Crippen LogP contribution in [-0.4, -0.2) is 23.9 Å². The zero-order chi connectivity index (χ0) is 13.1. The number of nitrogens with one attached hydrogen (secondary N) is 1. The summed E-state index contributed by atoms with van der Waals surface area (Å²) in [5.41, 5.74) is 3.65. The molecule has 0 fully saturated rings. The summed E-state index contributed by atoms with van der Waals surface area (Å²) in [5, 5.41) is 7.63. The maximum Gasteiger partial charge on any atom is 0.127 e. The monoisotopic (exact) mass is 244 g/mol. The van der Waals surface area contributed by atoms with Crippen LogP contribution < -0.4 is 10.2 Å². The summed E-state index contributed by atoms with van der Waals surface area (Å²) in [5.74, 6) is 1.08. The van der Waals surface area contributed by atoms with Crippen LogP contribution in [0.2, 0.25) is 0 Å². The Labute approximate surface area is 108 Å². The van der Waals surface area contributed by atoms with Crippen molar-refractivity contribution in [1.29, 1.82) is 0 Å². The molecule has 0 radical (unpaired) electrons. The Balaban J connectivity index is 2.02. The maximum absolute atomic E-state index is 4.21. The second kappa shape index (κ2) is 5.12. The molecule has 1 aromatic heterocycles. The molecule has 0 spiro atoms. The van der Waals surface area contributed by atoms with Crippen LogP contribution in [-0.2, 0) is 13.6 Å². The third-order valence-electron chi connectivity index (χ3n) is 3.03. The molecular formula is C14H20N4. The summed E-state index contributed by atoms with van der Waals surface area (Å²) in [7, 11) is 6.04. The standard InChI is InChI=1S/C14H20N4/c1-11-9-16-18(4)14(11)15-10-12-5-7-13(8-6-12)17(2)3/h5-9,15H,10H2,1-4H3. The first-order valence-corrected chi connectivity index (χ1v) is 6.06. The fraction of sp³-hybridized carbons (Fsp3) is 0.357. The van der Waals surface area contributed by atoms with E-state index in [0.29, 0.717) is 0 Å². The molecule has 1 aromatic carbocycles. The molecule has 2 rings (SSSR count). The molecule has 0 aliphatic rings. The highest BCUT2D eigenvalue weighted by atomic mass is 15.3. The van der Waals surface area contributed by atoms with Gasteiger partial charge in [0.05, 0.1) is 6.20 Å². The SMILES string of the molecule is Cc1cnn(C)c1NCc1ccc(N(C)C)cc1. The molecule has 0 unspecified atom stereocenters. The average Bonchev–Trinajstić information content (AvgIpc) is 2.67. The zero-order valence-electron chi connectivity index (χ0n) is 11.4. The summed E-state index contributed by atoms with van der Waals surface area (Å²) >= 11 is 0. The molecule has 96 valence electrons. The first-order chi connectivity index (χ1) is 8.58. The van der Waals surface area contributed by atoms with E-state index in [1.165, 1.54) is 16.8 Å². The predicted molar refractivity (Wildman–Crippen MR) is 76.0 cm³/mol. The second-order valence-corrected chi connectivity index (χ2v) is 4.71. The molecule has 1 N–H and O–H groups in total. The number of anilines is 2. The second-order valence-electron chi connectivity index (χ2n) is 4.71. The molecule has 4 heteroatoms. The van der Waals surface area contributed by atoms with Gasteiger partial charge in [0.15, 0.2) is 0 Å². The van der Waals surface area contributed by atoms with Gasteiger partial charge in [0, 0.05) is 38.9 Å². The Morgan fingerprint density at radius 2 is 1.89 bits per heavy atom. The van der Waals surface area contributed by atoms with Gasteiger partial charge in [0.25, 0.3) is 0 Å². The maximum atomic E-state index is 4.21. The van der Waals surface area contributed by atoms with Crippen molar-refractivity contribution in [3.63, 3.8) is 0 Å². The highest BCUT2D eigenvalue weighted by Crippen LogP contribution is 2.16. The Morgan fingerprint density at radius 1 is 1.22 bits per heavy atom. The first kappa shape index (κ1) is 12.5. The van der Waals surface area contributed by atoms with Gasteiger partial charge in [-0.15, -0.1) is 0 Å². The lowest BCUT2D eigenvalue weighted by Gasteiger charge is -2.13. The van der Waals surface area contributed by atoms with E-state index in [4.69, 9.17) is 0 Å². The van der Waals surface area contributed by atoms with Crippen molar-refractivity contribution in [2.45, 2.75) is 13.5 Å². The minimum atomic E-state index is 0.814. The molecule has 0 aliphatic heterocycles. The van der Waals surface area contributed by atoms with Crippen LogP contribution in [0.3, 0.4) is 0 Å². The van der Waals surface area contributed by atoms with E-state index in [2.05, 4.69) is 46.5 Å². The van der Waals surface area contributed by atoms with E-state index in [0.717, 1.165) is 12.4 Å². The number of hydrogen-bond acceptors (Lipinski definition) is 3. The zero-order valence-corrected chi connectivity index (χ0v) is 11.4. The van der Waals surface area contributed by atoms with Crippen LogP contribution in [0.25, 0.3) is 0 Å². The number of nitrogens with zero attached hydrogens (tertiary/aromatic N) is 3. The van der Waals surface area contributed by atoms with E-state index in [-0.39, 0.29) is 0 Å². The van der Waals surface area contributed by atoms with Crippen LogP contribution in [0.1, 0.15) is 11.1 Å². The highest BCUT2D eigenvalue weighted by molar-refractivity contribution is 5.47. The Bertz CT molecular complexity index is 492. The number of rotatable bonds is 4. The molecule has 0 aliphatic carbocycles. The number of aromatic nitrogens is 2. The summed E-state index contributed by atoms with van der Waals surface area (Å²) in [6, 6.07) is 8.56. The quantitative estimate of drug-likeness (QED) is 0.896. The van der Waals surface area contributed by atoms with E-state index >= 15 is 0 Å². The van der Waals surface area contributed by atoms with Gasteiger partial charge in [-0.1, -0.05) is 12.1 Å². The van der Waals surface area contributed by atoms with Gasteiger partial charge in [-0.3, -0.25) is 4.68 Å². The normalized spacial score (nSPS) is 10.4. The van der Waals surface area contributed by atoms with Crippen LogP contribution >= 0.6 is 0 Å². The van der Waals surface area contributed by atoms with Crippen molar-refractivity contribution in [1.82, 2.24) is 9.78 Å². The average molecular weight is 244 g/mol. The summed E-state index contributed by atoms with van der Waals surface area (Å²) in [6.07, 6.45) is 1.87. The fourth-order valence-corrected chi connectivity index (χ4v) is 1.90. The number of benzene rings is 1. The van der Waals surface area contributed by atoms with Crippen LogP contribution in [0.5, 0.6) is 0 Å². The summed E-state index contributed by atoms with van der Waals surface area (Å²) in [4.78, 5) is 2.10. The smallest absolute Gasteiger partial charge is 0.127 e. The molecule has 18 heavy (non-hydrogen) atoms. The van der Waals surface area contributed by atoms with Gasteiger partial charge in [-0.25, -0.2) is 0 Å². The molecule has 0 saturated heterocycles. The van der Waals surface area contributed by atoms with Crippen molar-refractivity contribution in [2.24, 2.45) is 7.05 Å². The number of hydrogen-bond donors (Lipinski definition) is 1. The van der Waals surface area contributed by atoms with Crippen molar-refractivity contribution >= 4 is 11.5 Å². The largest absolute Gasteiger partial charge is 0.378 e. The Morgan fingerprint density at radius 3 is 2.39 bits per heavy atom. The molecule has 1 heterocycles. The van der Waals surface area contributed by atoms with Gasteiger partial charge in [0.2, 0.25) is 0 Å². The first-order valence-electron chi connectivity index (χ1n) is 6.06. The lowest BCUT2D eigenvalue weighted by Crippen LogP contribution is -2.09. The molecule has 0 atom stereocenters. The van der Waals surface area contributed by atoms with Crippen molar-refractivity contribution in [3.8, 4) is 0 Å². The third-order valence-corrected chi connectivity index (χ3v) is 3.03.